The zero-order valence-corrected chi connectivity index (χ0v) is 15.9. The number of fused-ring (bicyclic) bond motifs is 2. The lowest BCUT2D eigenvalue weighted by molar-refractivity contribution is -0.122. The van der Waals surface area contributed by atoms with Crippen molar-refractivity contribution in [3.05, 3.63) is 11.5 Å². The molecule has 3 unspecified atom stereocenters. The zero-order chi connectivity index (χ0) is 18.3. The van der Waals surface area contributed by atoms with E-state index in [1.165, 1.54) is 32.1 Å². The standard InChI is InChI=1S/C22H32BNO2/c23-15(8-9-17-16-6-2-1-5-14(16)11-20(17)25)12-18-19-7-3-4-10-22(19,24)13-21(18)26/h8,14,16-19H,1-7,9-13,24H2/b15-8-/t14-,16?,17?,18+,19+,22?/m1/s1. The first-order valence-electron chi connectivity index (χ1n) is 10.8. The minimum atomic E-state index is -0.281. The van der Waals surface area contributed by atoms with E-state index in [1.54, 1.807) is 0 Å². The summed E-state index contributed by atoms with van der Waals surface area (Å²) in [6.45, 7) is 0. The molecule has 0 aromatic carbocycles. The second-order valence-electron chi connectivity index (χ2n) is 9.54. The highest BCUT2D eigenvalue weighted by Crippen LogP contribution is 2.48. The summed E-state index contributed by atoms with van der Waals surface area (Å²) in [7, 11) is 6.33. The predicted octanol–water partition coefficient (Wildman–Crippen LogP) is 3.69. The van der Waals surface area contributed by atoms with Crippen molar-refractivity contribution in [2.75, 3.05) is 0 Å². The van der Waals surface area contributed by atoms with Gasteiger partial charge in [0.05, 0.1) is 0 Å². The minimum Gasteiger partial charge on any atom is -0.324 e. The zero-order valence-electron chi connectivity index (χ0n) is 15.9. The van der Waals surface area contributed by atoms with Crippen molar-refractivity contribution < 1.29 is 9.59 Å². The highest BCUT2D eigenvalue weighted by molar-refractivity contribution is 6.21. The van der Waals surface area contributed by atoms with Gasteiger partial charge in [-0.05, 0) is 56.3 Å². The fourth-order valence-electron chi connectivity index (χ4n) is 6.64. The Hall–Kier alpha value is -0.895. The summed E-state index contributed by atoms with van der Waals surface area (Å²) < 4.78 is 0. The Bertz CT molecular complexity index is 615. The van der Waals surface area contributed by atoms with Gasteiger partial charge in [-0.1, -0.05) is 31.8 Å². The SMILES string of the molecule is [B]/C(=C\CC1C(=O)C[C@H]2CCCCC12)C[C@@H]1C(=O)CC2(N)CCCC[C@@H]12. The molecule has 4 saturated carbocycles. The average Bonchev–Trinajstić information content (AvgIpc) is 3.06. The van der Waals surface area contributed by atoms with Gasteiger partial charge in [-0.2, -0.15) is 0 Å². The van der Waals surface area contributed by atoms with Gasteiger partial charge >= 0.3 is 0 Å². The van der Waals surface area contributed by atoms with Crippen LogP contribution in [0.5, 0.6) is 0 Å². The van der Waals surface area contributed by atoms with Crippen LogP contribution in [0.3, 0.4) is 0 Å². The van der Waals surface area contributed by atoms with Gasteiger partial charge in [0.15, 0.2) is 0 Å². The highest BCUT2D eigenvalue weighted by atomic mass is 16.1. The number of Topliss-reactive ketones (excluding diaryl/α,β-unsaturated/α-hetero) is 2. The van der Waals surface area contributed by atoms with Gasteiger partial charge in [0.1, 0.15) is 19.4 Å². The van der Waals surface area contributed by atoms with E-state index < -0.39 is 0 Å². The molecule has 0 aliphatic heterocycles. The Morgan fingerprint density at radius 2 is 1.85 bits per heavy atom. The van der Waals surface area contributed by atoms with E-state index in [9.17, 15) is 9.59 Å². The predicted molar refractivity (Wildman–Crippen MR) is 104 cm³/mol. The molecule has 0 spiro atoms. The van der Waals surface area contributed by atoms with Gasteiger partial charge in [0.25, 0.3) is 0 Å². The van der Waals surface area contributed by atoms with Crippen LogP contribution in [0, 0.1) is 29.6 Å². The molecule has 4 heteroatoms. The first-order chi connectivity index (χ1) is 12.5. The summed E-state index contributed by atoms with van der Waals surface area (Å²) in [6.07, 6.45) is 14.1. The smallest absolute Gasteiger partial charge is 0.138 e. The Morgan fingerprint density at radius 1 is 1.08 bits per heavy atom. The number of rotatable bonds is 4. The molecule has 3 nitrogen and oxygen atoms in total. The average molecular weight is 353 g/mol. The molecule has 0 aromatic rings. The Balaban J connectivity index is 1.39. The molecule has 0 bridgehead atoms. The lowest BCUT2D eigenvalue weighted by atomic mass is 9.70. The molecule has 4 fully saturated rings. The summed E-state index contributed by atoms with van der Waals surface area (Å²) in [4.78, 5) is 25.0. The number of hydrogen-bond acceptors (Lipinski definition) is 3. The largest absolute Gasteiger partial charge is 0.324 e. The van der Waals surface area contributed by atoms with Gasteiger partial charge in [0, 0.05) is 30.2 Å². The lowest BCUT2D eigenvalue weighted by Gasteiger charge is -2.37. The maximum Gasteiger partial charge on any atom is 0.138 e. The first kappa shape index (κ1) is 18.5. The first-order valence-corrected chi connectivity index (χ1v) is 10.8. The Kier molecular flexibility index (Phi) is 5.16. The summed E-state index contributed by atoms with van der Waals surface area (Å²) in [5.41, 5.74) is 7.08. The number of allylic oxidation sites excluding steroid dienone is 2. The van der Waals surface area contributed by atoms with Gasteiger partial charge in [0.2, 0.25) is 0 Å². The highest BCUT2D eigenvalue weighted by Gasteiger charge is 2.51. The van der Waals surface area contributed by atoms with Crippen LogP contribution in [-0.4, -0.2) is 25.0 Å². The van der Waals surface area contributed by atoms with Crippen molar-refractivity contribution in [3.8, 4) is 0 Å². The molecule has 0 amide bonds. The third-order valence-corrected chi connectivity index (χ3v) is 8.00. The van der Waals surface area contributed by atoms with Crippen LogP contribution in [0.2, 0.25) is 0 Å². The minimum absolute atomic E-state index is 0.00161. The van der Waals surface area contributed by atoms with E-state index in [4.69, 9.17) is 13.6 Å². The monoisotopic (exact) mass is 353 g/mol. The topological polar surface area (TPSA) is 60.2 Å². The molecule has 4 rings (SSSR count). The van der Waals surface area contributed by atoms with Crippen LogP contribution in [0.1, 0.15) is 77.0 Å². The molecule has 0 saturated heterocycles. The fourth-order valence-corrected chi connectivity index (χ4v) is 6.64. The molecule has 2 radical (unpaired) electrons. The van der Waals surface area contributed by atoms with Crippen molar-refractivity contribution in [3.63, 3.8) is 0 Å². The van der Waals surface area contributed by atoms with E-state index in [2.05, 4.69) is 6.08 Å². The van der Waals surface area contributed by atoms with Crippen LogP contribution in [0.25, 0.3) is 0 Å². The van der Waals surface area contributed by atoms with Crippen molar-refractivity contribution >= 4 is 19.4 Å². The normalized spacial score (nSPS) is 43.4. The molecule has 26 heavy (non-hydrogen) atoms. The van der Waals surface area contributed by atoms with Crippen LogP contribution >= 0.6 is 0 Å². The van der Waals surface area contributed by atoms with E-state index in [1.807, 2.05) is 0 Å². The Labute approximate surface area is 159 Å². The molecular weight excluding hydrogens is 321 g/mol. The lowest BCUT2D eigenvalue weighted by Crippen LogP contribution is -2.46. The second-order valence-corrected chi connectivity index (χ2v) is 9.54. The van der Waals surface area contributed by atoms with E-state index in [0.29, 0.717) is 42.2 Å². The number of nitrogens with two attached hydrogens (primary N) is 1. The number of hydrogen-bond donors (Lipinski definition) is 1. The maximum atomic E-state index is 12.6. The number of ketones is 2. The number of carbonyl (C=O) groups is 2. The van der Waals surface area contributed by atoms with Crippen molar-refractivity contribution in [1.29, 1.82) is 0 Å². The van der Waals surface area contributed by atoms with Crippen molar-refractivity contribution in [2.45, 2.75) is 82.6 Å². The van der Waals surface area contributed by atoms with E-state index >= 15 is 0 Å². The molecule has 140 valence electrons. The molecule has 4 aliphatic carbocycles. The third kappa shape index (κ3) is 3.34. The molecule has 2 N–H and O–H groups in total. The summed E-state index contributed by atoms with van der Waals surface area (Å²) in [6, 6.07) is 0. The van der Waals surface area contributed by atoms with Crippen LogP contribution in [0.15, 0.2) is 11.5 Å². The molecule has 6 atom stereocenters. The molecule has 0 aromatic heterocycles. The van der Waals surface area contributed by atoms with Gasteiger partial charge in [-0.15, -0.1) is 5.47 Å². The Morgan fingerprint density at radius 3 is 2.69 bits per heavy atom. The number of carbonyl (C=O) groups excluding carboxylic acids is 2. The van der Waals surface area contributed by atoms with E-state index in [0.717, 1.165) is 37.6 Å². The summed E-state index contributed by atoms with van der Waals surface area (Å²) in [5.74, 6) is 2.40. The van der Waals surface area contributed by atoms with Crippen LogP contribution < -0.4 is 5.73 Å². The maximum absolute atomic E-state index is 12.6. The third-order valence-electron chi connectivity index (χ3n) is 8.00. The van der Waals surface area contributed by atoms with Crippen molar-refractivity contribution in [1.82, 2.24) is 0 Å². The summed E-state index contributed by atoms with van der Waals surface area (Å²) in [5, 5.41) is 0. The fraction of sp³-hybridized carbons (Fsp3) is 0.818. The summed E-state index contributed by atoms with van der Waals surface area (Å²) >= 11 is 0. The van der Waals surface area contributed by atoms with Crippen molar-refractivity contribution in [2.24, 2.45) is 35.3 Å². The molecular formula is C22H32BNO2. The van der Waals surface area contributed by atoms with Gasteiger partial charge in [-0.25, -0.2) is 0 Å². The molecule has 4 aliphatic rings. The van der Waals surface area contributed by atoms with Crippen LogP contribution in [-0.2, 0) is 9.59 Å². The van der Waals surface area contributed by atoms with E-state index in [-0.39, 0.29) is 17.4 Å². The van der Waals surface area contributed by atoms with Gasteiger partial charge in [-0.3, -0.25) is 9.59 Å². The molecule has 0 heterocycles. The quantitative estimate of drug-likeness (QED) is 0.784. The van der Waals surface area contributed by atoms with Crippen LogP contribution in [0.4, 0.5) is 0 Å². The second kappa shape index (κ2) is 7.26. The van der Waals surface area contributed by atoms with Gasteiger partial charge < -0.3 is 5.73 Å².